The van der Waals surface area contributed by atoms with E-state index in [0.29, 0.717) is 28.1 Å². The van der Waals surface area contributed by atoms with Crippen LogP contribution in [0.3, 0.4) is 0 Å². The molecular formula is C46H47IN2O6S2. The van der Waals surface area contributed by atoms with E-state index in [2.05, 4.69) is 108 Å². The van der Waals surface area contributed by atoms with Gasteiger partial charge in [0.05, 0.1) is 36.7 Å². The Morgan fingerprint density at radius 1 is 0.667 bits per heavy atom. The lowest BCUT2D eigenvalue weighted by atomic mass is 9.81. The van der Waals surface area contributed by atoms with Crippen LogP contribution in [0.1, 0.15) is 103 Å². The second-order valence-electron chi connectivity index (χ2n) is 14.6. The summed E-state index contributed by atoms with van der Waals surface area (Å²) < 4.78 is 10.2. The highest BCUT2D eigenvalue weighted by atomic mass is 127. The smallest absolute Gasteiger partial charge is 0.337 e. The van der Waals surface area contributed by atoms with Crippen LogP contribution in [0, 0.1) is 27.8 Å². The van der Waals surface area contributed by atoms with Crippen molar-refractivity contribution in [2.45, 2.75) is 75.0 Å². The highest BCUT2D eigenvalue weighted by molar-refractivity contribution is 14.1. The molecule has 0 aliphatic carbocycles. The molecule has 4 aromatic carbocycles. The van der Waals surface area contributed by atoms with Gasteiger partial charge < -0.3 is 20.1 Å². The number of fused-ring (bicyclic) bond motifs is 2. The summed E-state index contributed by atoms with van der Waals surface area (Å²) in [5.74, 6) is 10.1. The number of benzene rings is 4. The summed E-state index contributed by atoms with van der Waals surface area (Å²) in [6.45, 7) is 12.0. The molecule has 0 aromatic heterocycles. The molecule has 0 fully saturated rings. The Morgan fingerprint density at radius 2 is 1.14 bits per heavy atom. The van der Waals surface area contributed by atoms with Crippen LogP contribution in [-0.4, -0.2) is 49.5 Å². The molecule has 0 atom stereocenters. The van der Waals surface area contributed by atoms with Crippen LogP contribution in [0.4, 0.5) is 11.4 Å². The summed E-state index contributed by atoms with van der Waals surface area (Å²) in [7, 11) is 2.64. The largest absolute Gasteiger partial charge is 0.465 e. The Hall–Kier alpha value is -4.69. The summed E-state index contributed by atoms with van der Waals surface area (Å²) in [5.41, 5.74) is 7.65. The van der Waals surface area contributed by atoms with Crippen LogP contribution in [0.2, 0.25) is 0 Å². The van der Waals surface area contributed by atoms with Crippen molar-refractivity contribution in [3.63, 3.8) is 0 Å². The van der Waals surface area contributed by atoms with E-state index in [-0.39, 0.29) is 22.6 Å². The van der Waals surface area contributed by atoms with Crippen molar-refractivity contribution < 1.29 is 28.7 Å². The fourth-order valence-corrected chi connectivity index (χ4v) is 9.47. The number of esters is 2. The van der Waals surface area contributed by atoms with E-state index in [1.54, 1.807) is 36.4 Å². The molecule has 0 unspecified atom stereocenters. The van der Waals surface area contributed by atoms with Crippen molar-refractivity contribution in [3.05, 3.63) is 115 Å². The summed E-state index contributed by atoms with van der Waals surface area (Å²) in [5, 5.41) is 5.38. The predicted octanol–water partition coefficient (Wildman–Crippen LogP) is 10.1. The third-order valence-corrected chi connectivity index (χ3v) is 12.4. The lowest BCUT2D eigenvalue weighted by Crippen LogP contribution is -2.22. The number of carbonyl (C=O) groups excluding carboxylic acids is 4. The highest BCUT2D eigenvalue weighted by Gasteiger charge is 2.28. The maximum Gasteiger partial charge on any atom is 0.337 e. The van der Waals surface area contributed by atoms with Gasteiger partial charge in [-0.05, 0) is 142 Å². The third kappa shape index (κ3) is 12.4. The molecule has 2 heterocycles. The minimum atomic E-state index is -0.458. The maximum absolute atomic E-state index is 11.8. The fourth-order valence-electron chi connectivity index (χ4n) is 6.02. The number of nitrogens with one attached hydrogen (secondary N) is 2. The summed E-state index contributed by atoms with van der Waals surface area (Å²) in [6, 6.07) is 22.6. The van der Waals surface area contributed by atoms with Crippen LogP contribution in [0.15, 0.2) is 82.6 Å². The van der Waals surface area contributed by atoms with Gasteiger partial charge in [0.1, 0.15) is 0 Å². The molecule has 2 aliphatic rings. The molecule has 0 saturated carbocycles. The molecule has 0 bridgehead atoms. The third-order valence-electron chi connectivity index (χ3n) is 9.34. The number of hydrogen-bond donors (Lipinski definition) is 2. The summed E-state index contributed by atoms with van der Waals surface area (Å²) in [4.78, 5) is 48.1. The maximum atomic E-state index is 11.8. The molecule has 2 aliphatic heterocycles. The molecule has 11 heteroatoms. The van der Waals surface area contributed by atoms with Gasteiger partial charge in [-0.3, -0.25) is 9.59 Å². The van der Waals surface area contributed by atoms with Gasteiger partial charge in [0, 0.05) is 43.9 Å². The van der Waals surface area contributed by atoms with Gasteiger partial charge >= 0.3 is 11.9 Å². The fraction of sp³-hybridized carbons (Fsp3) is 0.304. The first kappa shape index (κ1) is 45.0. The van der Waals surface area contributed by atoms with E-state index >= 15 is 0 Å². The zero-order valence-corrected chi connectivity index (χ0v) is 37.3. The normalized spacial score (nSPS) is 14.0. The Bertz CT molecular complexity index is 2280. The van der Waals surface area contributed by atoms with Gasteiger partial charge in [-0.25, -0.2) is 9.59 Å². The molecule has 6 rings (SSSR count). The first-order valence-electron chi connectivity index (χ1n) is 18.2. The SMILES string of the molecule is C#Cc1ccc2c(c1)C(C)(C)CCS2.COC(=O)c1ccc(C#Cc2ccc3c(c2)C(C)(C)CCS3)c(NC(C)=O)c1.COC(=O)c1ccc(I)c(NC(C)=O)c1. The number of terminal acetylenes is 1. The average Bonchev–Trinajstić information content (AvgIpc) is 3.17. The predicted molar refractivity (Wildman–Crippen MR) is 240 cm³/mol. The molecule has 0 saturated heterocycles. The van der Waals surface area contributed by atoms with Gasteiger partial charge in [0.25, 0.3) is 0 Å². The number of hydrogen-bond acceptors (Lipinski definition) is 8. The number of methoxy groups -OCH3 is 2. The molecule has 296 valence electrons. The molecule has 57 heavy (non-hydrogen) atoms. The van der Waals surface area contributed by atoms with Crippen molar-refractivity contribution in [2.24, 2.45) is 0 Å². The Labute approximate surface area is 358 Å². The molecular weight excluding hydrogens is 868 g/mol. The van der Waals surface area contributed by atoms with E-state index in [1.807, 2.05) is 35.7 Å². The van der Waals surface area contributed by atoms with Crippen molar-refractivity contribution in [2.75, 3.05) is 36.4 Å². The molecule has 2 amide bonds. The quantitative estimate of drug-likeness (QED) is 0.118. The number of amides is 2. The lowest BCUT2D eigenvalue weighted by molar-refractivity contribution is -0.115. The Kier molecular flexibility index (Phi) is 15.9. The van der Waals surface area contributed by atoms with Gasteiger partial charge in [0.15, 0.2) is 0 Å². The zero-order chi connectivity index (χ0) is 41.9. The van der Waals surface area contributed by atoms with Crippen LogP contribution < -0.4 is 10.6 Å². The highest BCUT2D eigenvalue weighted by Crippen LogP contribution is 2.42. The van der Waals surface area contributed by atoms with Gasteiger partial charge in [-0.15, -0.1) is 29.9 Å². The standard InChI is InChI=1S/C23H23NO3S.C13H14S.C10H10INO3/c1-15(25)24-20-14-18(22(26)27-4)9-8-17(20)7-5-16-6-10-21-19(13-16)23(2,3)11-12-28-21;1-4-10-5-6-12-11(9-10)13(2,3)7-8-14-12;1-6(13)12-9-5-7(10(14)15-2)3-4-8(9)11/h6,8-10,13-14H,11-12H2,1-4H3,(H,24,25);1,5-6,9H,7-8H2,2-3H3;3-5H,1-2H3,(H,12,13). The number of ether oxygens (including phenoxy) is 2. The summed E-state index contributed by atoms with van der Waals surface area (Å²) in [6.07, 6.45) is 7.79. The lowest BCUT2D eigenvalue weighted by Gasteiger charge is -2.32. The second kappa shape index (κ2) is 20.1. The van der Waals surface area contributed by atoms with Crippen molar-refractivity contribution in [1.29, 1.82) is 0 Å². The van der Waals surface area contributed by atoms with Crippen LogP contribution in [-0.2, 0) is 29.9 Å². The van der Waals surface area contributed by atoms with Crippen molar-refractivity contribution in [3.8, 4) is 24.2 Å². The van der Waals surface area contributed by atoms with Gasteiger partial charge in [0.2, 0.25) is 11.8 Å². The van der Waals surface area contributed by atoms with Crippen LogP contribution in [0.25, 0.3) is 0 Å². The summed E-state index contributed by atoms with van der Waals surface area (Å²) >= 11 is 5.91. The number of halogens is 1. The molecule has 4 aromatic rings. The molecule has 8 nitrogen and oxygen atoms in total. The molecule has 2 N–H and O–H groups in total. The van der Waals surface area contributed by atoms with Crippen LogP contribution >= 0.6 is 46.1 Å². The zero-order valence-electron chi connectivity index (χ0n) is 33.5. The number of thioether (sulfide) groups is 2. The minimum absolute atomic E-state index is 0.141. The monoisotopic (exact) mass is 914 g/mol. The Balaban J connectivity index is 0.000000209. The minimum Gasteiger partial charge on any atom is -0.465 e. The van der Waals surface area contributed by atoms with Crippen molar-refractivity contribution in [1.82, 2.24) is 0 Å². The molecule has 0 spiro atoms. The first-order valence-corrected chi connectivity index (χ1v) is 21.2. The number of carbonyl (C=O) groups is 4. The van der Waals surface area contributed by atoms with E-state index in [0.717, 1.165) is 26.9 Å². The second-order valence-corrected chi connectivity index (χ2v) is 18.0. The molecule has 0 radical (unpaired) electrons. The topological polar surface area (TPSA) is 111 Å². The van der Waals surface area contributed by atoms with Crippen LogP contribution in [0.5, 0.6) is 0 Å². The Morgan fingerprint density at radius 3 is 1.65 bits per heavy atom. The van der Waals surface area contributed by atoms with E-state index in [1.165, 1.54) is 61.2 Å². The first-order chi connectivity index (χ1) is 27.0. The number of rotatable bonds is 4. The van der Waals surface area contributed by atoms with E-state index in [9.17, 15) is 19.2 Å². The van der Waals surface area contributed by atoms with E-state index in [4.69, 9.17) is 11.2 Å². The van der Waals surface area contributed by atoms with Gasteiger partial charge in [-0.1, -0.05) is 45.5 Å². The van der Waals surface area contributed by atoms with E-state index < -0.39 is 11.9 Å². The van der Waals surface area contributed by atoms with Gasteiger partial charge in [-0.2, -0.15) is 0 Å². The number of anilines is 2. The van der Waals surface area contributed by atoms with Crippen molar-refractivity contribution >= 4 is 81.2 Å². The average molecular weight is 915 g/mol.